The van der Waals surface area contributed by atoms with Crippen LogP contribution in [0.2, 0.25) is 0 Å². The average molecular weight is 284 g/mol. The van der Waals surface area contributed by atoms with Gasteiger partial charge in [-0.3, -0.25) is 5.43 Å². The smallest absolute Gasteiger partial charge is 0.123 e. The zero-order chi connectivity index (χ0) is 12.8. The van der Waals surface area contributed by atoms with E-state index in [1.54, 1.807) is 12.1 Å². The zero-order valence-electron chi connectivity index (χ0n) is 10.4. The second-order valence-electron chi connectivity index (χ2n) is 4.00. The number of nitrogens with one attached hydrogen (secondary N) is 1. The summed E-state index contributed by atoms with van der Waals surface area (Å²) in [4.78, 5) is 0. The molecule has 0 saturated carbocycles. The maximum atomic E-state index is 12.8. The number of halogens is 1. The van der Waals surface area contributed by atoms with Crippen molar-refractivity contribution < 1.29 is 4.39 Å². The third-order valence-corrected chi connectivity index (χ3v) is 5.65. The fourth-order valence-corrected chi connectivity index (χ4v) is 4.66. The summed E-state index contributed by atoms with van der Waals surface area (Å²) in [6, 6.07) is 6.28. The third-order valence-electron chi connectivity index (χ3n) is 2.63. The molecule has 0 radical (unpaired) electrons. The highest BCUT2D eigenvalue weighted by atomic mass is 32.2. The average Bonchev–Trinajstić information content (AvgIpc) is 2.43. The van der Waals surface area contributed by atoms with E-state index >= 15 is 0 Å². The first-order chi connectivity index (χ1) is 8.79. The Morgan fingerprint density at radius 3 is 2.61 bits per heavy atom. The van der Waals surface area contributed by atoms with Crippen LogP contribution in [-0.2, 0) is 0 Å². The molecule has 1 aliphatic heterocycles. The van der Waals surface area contributed by atoms with Gasteiger partial charge in [0.25, 0.3) is 0 Å². The quantitative estimate of drug-likeness (QED) is 0.662. The van der Waals surface area contributed by atoms with Crippen LogP contribution in [0.15, 0.2) is 29.4 Å². The van der Waals surface area contributed by atoms with Crippen molar-refractivity contribution in [1.29, 1.82) is 0 Å². The lowest BCUT2D eigenvalue weighted by Crippen LogP contribution is -2.18. The maximum Gasteiger partial charge on any atom is 0.123 e. The molecule has 1 heterocycles. The molecule has 0 bridgehead atoms. The molecule has 1 aromatic carbocycles. The van der Waals surface area contributed by atoms with E-state index in [0.717, 1.165) is 12.1 Å². The van der Waals surface area contributed by atoms with E-state index in [2.05, 4.69) is 17.5 Å². The molecule has 1 N–H and O–H groups in total. The fraction of sp³-hybridized carbons (Fsp3) is 0.462. The van der Waals surface area contributed by atoms with Crippen molar-refractivity contribution in [2.45, 2.75) is 24.3 Å². The summed E-state index contributed by atoms with van der Waals surface area (Å²) in [5.41, 5.74) is 5.02. The largest absolute Gasteiger partial charge is 0.278 e. The van der Waals surface area contributed by atoms with Crippen LogP contribution in [0.3, 0.4) is 0 Å². The van der Waals surface area contributed by atoms with Crippen LogP contribution in [0.5, 0.6) is 0 Å². The predicted molar refractivity (Wildman–Crippen MR) is 81.1 cm³/mol. The van der Waals surface area contributed by atoms with Crippen molar-refractivity contribution in [1.82, 2.24) is 0 Å². The van der Waals surface area contributed by atoms with Gasteiger partial charge >= 0.3 is 0 Å². The first-order valence-corrected chi connectivity index (χ1v) is 8.20. The third kappa shape index (κ3) is 3.92. The highest BCUT2D eigenvalue weighted by Gasteiger charge is 2.19. The maximum absolute atomic E-state index is 12.8. The van der Waals surface area contributed by atoms with Gasteiger partial charge in [0.05, 0.1) is 16.0 Å². The highest BCUT2D eigenvalue weighted by Crippen LogP contribution is 2.32. The molecule has 98 valence electrons. The molecule has 0 atom stereocenters. The van der Waals surface area contributed by atoms with Crippen LogP contribution in [0, 0.1) is 5.82 Å². The summed E-state index contributed by atoms with van der Waals surface area (Å²) in [5, 5.41) is 4.47. The summed E-state index contributed by atoms with van der Waals surface area (Å²) < 4.78 is 13.2. The van der Waals surface area contributed by atoms with E-state index in [9.17, 15) is 4.39 Å². The van der Waals surface area contributed by atoms with E-state index < -0.39 is 0 Å². The SMILES string of the molecule is CC/C(=N\Nc1ccc(F)cc1)C1SCCCS1. The number of rotatable bonds is 4. The molecular formula is C13H17FN2S2. The van der Waals surface area contributed by atoms with Gasteiger partial charge in [-0.1, -0.05) is 6.92 Å². The van der Waals surface area contributed by atoms with Gasteiger partial charge < -0.3 is 0 Å². The van der Waals surface area contributed by atoms with Gasteiger partial charge in [0.1, 0.15) is 5.82 Å². The van der Waals surface area contributed by atoms with Crippen molar-refractivity contribution in [3.8, 4) is 0 Å². The number of thioether (sulfide) groups is 2. The van der Waals surface area contributed by atoms with Gasteiger partial charge in [-0.25, -0.2) is 4.39 Å². The molecule has 2 nitrogen and oxygen atoms in total. The van der Waals surface area contributed by atoms with Gasteiger partial charge in [-0.15, -0.1) is 23.5 Å². The summed E-state index contributed by atoms with van der Waals surface area (Å²) in [6.07, 6.45) is 2.23. The van der Waals surface area contributed by atoms with Crippen LogP contribution in [0.1, 0.15) is 19.8 Å². The van der Waals surface area contributed by atoms with Gasteiger partial charge in [-0.05, 0) is 48.6 Å². The second kappa shape index (κ2) is 7.04. The molecule has 0 spiro atoms. The fourth-order valence-electron chi connectivity index (χ4n) is 1.64. The molecular weight excluding hydrogens is 267 g/mol. The number of hydrogen-bond donors (Lipinski definition) is 1. The van der Waals surface area contributed by atoms with Crippen molar-refractivity contribution in [2.24, 2.45) is 5.10 Å². The van der Waals surface area contributed by atoms with E-state index in [1.165, 1.54) is 35.8 Å². The van der Waals surface area contributed by atoms with Crippen molar-refractivity contribution >= 4 is 34.9 Å². The minimum absolute atomic E-state index is 0.223. The van der Waals surface area contributed by atoms with E-state index in [0.29, 0.717) is 4.58 Å². The van der Waals surface area contributed by atoms with E-state index in [-0.39, 0.29) is 5.82 Å². The normalized spacial score (nSPS) is 17.8. The molecule has 18 heavy (non-hydrogen) atoms. The number of anilines is 1. The molecule has 0 aromatic heterocycles. The molecule has 0 amide bonds. The Bertz CT molecular complexity index is 400. The van der Waals surface area contributed by atoms with Gasteiger partial charge in [0.15, 0.2) is 0 Å². The Balaban J connectivity index is 1.98. The van der Waals surface area contributed by atoms with Crippen molar-refractivity contribution in [3.63, 3.8) is 0 Å². The standard InChI is InChI=1S/C13H17FN2S2/c1-2-12(13-17-8-3-9-18-13)16-15-11-6-4-10(14)5-7-11/h4-7,13,15H,2-3,8-9H2,1H3/b16-12+. The number of nitrogens with zero attached hydrogens (tertiary/aromatic N) is 1. The molecule has 0 aliphatic carbocycles. The number of hydrazone groups is 1. The Hall–Kier alpha value is -0.680. The summed E-state index contributed by atoms with van der Waals surface area (Å²) in [5.74, 6) is 2.21. The van der Waals surface area contributed by atoms with Crippen molar-refractivity contribution in [2.75, 3.05) is 16.9 Å². The Morgan fingerprint density at radius 1 is 1.33 bits per heavy atom. The molecule has 0 unspecified atom stereocenters. The second-order valence-corrected chi connectivity index (χ2v) is 6.73. The molecule has 1 saturated heterocycles. The van der Waals surface area contributed by atoms with Crippen LogP contribution >= 0.6 is 23.5 Å². The van der Waals surface area contributed by atoms with Gasteiger partial charge in [0.2, 0.25) is 0 Å². The minimum atomic E-state index is -0.223. The molecule has 1 fully saturated rings. The molecule has 2 rings (SSSR count). The van der Waals surface area contributed by atoms with Crippen LogP contribution in [0.4, 0.5) is 10.1 Å². The predicted octanol–water partition coefficient (Wildman–Crippen LogP) is 4.20. The van der Waals surface area contributed by atoms with E-state index in [1.807, 2.05) is 23.5 Å². The van der Waals surface area contributed by atoms with Crippen molar-refractivity contribution in [3.05, 3.63) is 30.1 Å². The highest BCUT2D eigenvalue weighted by molar-refractivity contribution is 8.18. The van der Waals surface area contributed by atoms with E-state index in [4.69, 9.17) is 0 Å². The Morgan fingerprint density at radius 2 is 2.00 bits per heavy atom. The summed E-state index contributed by atoms with van der Waals surface area (Å²) >= 11 is 3.93. The monoisotopic (exact) mass is 284 g/mol. The Kier molecular flexibility index (Phi) is 5.38. The summed E-state index contributed by atoms with van der Waals surface area (Å²) in [7, 11) is 0. The number of hydrogen-bond acceptors (Lipinski definition) is 4. The lowest BCUT2D eigenvalue weighted by molar-refractivity contribution is 0.628. The lowest BCUT2D eigenvalue weighted by Gasteiger charge is -2.21. The topological polar surface area (TPSA) is 24.4 Å². The summed E-state index contributed by atoms with van der Waals surface area (Å²) in [6.45, 7) is 2.13. The first kappa shape index (κ1) is 13.7. The van der Waals surface area contributed by atoms with Crippen LogP contribution < -0.4 is 5.43 Å². The zero-order valence-corrected chi connectivity index (χ0v) is 12.0. The molecule has 5 heteroatoms. The minimum Gasteiger partial charge on any atom is -0.278 e. The van der Waals surface area contributed by atoms with Crippen LogP contribution in [0.25, 0.3) is 0 Å². The molecule has 1 aliphatic rings. The first-order valence-electron chi connectivity index (χ1n) is 6.11. The lowest BCUT2D eigenvalue weighted by atomic mass is 10.3. The molecule has 1 aromatic rings. The van der Waals surface area contributed by atoms with Gasteiger partial charge in [0, 0.05) is 0 Å². The number of benzene rings is 1. The Labute approximate surface area is 116 Å². The van der Waals surface area contributed by atoms with Crippen LogP contribution in [-0.4, -0.2) is 21.8 Å². The van der Waals surface area contributed by atoms with Gasteiger partial charge in [-0.2, -0.15) is 5.10 Å².